The SMILES string of the molecule is O=c1[nH]c(-c2ncc(Cl)cc2Cl)nc(C2CCCC2)c1I. The molecule has 1 aliphatic carbocycles. The molecule has 2 heterocycles. The molecular weight excluding hydrogens is 424 g/mol. The Bertz CT molecular complexity index is 741. The Morgan fingerprint density at radius 3 is 2.67 bits per heavy atom. The lowest BCUT2D eigenvalue weighted by Gasteiger charge is -2.12. The van der Waals surface area contributed by atoms with E-state index in [-0.39, 0.29) is 5.56 Å². The van der Waals surface area contributed by atoms with E-state index in [1.54, 1.807) is 6.07 Å². The molecule has 2 aromatic heterocycles. The summed E-state index contributed by atoms with van der Waals surface area (Å²) in [6, 6.07) is 1.60. The molecule has 1 fully saturated rings. The highest BCUT2D eigenvalue weighted by molar-refractivity contribution is 14.1. The molecule has 2 aromatic rings. The number of rotatable bonds is 2. The fraction of sp³-hybridized carbons (Fsp3) is 0.357. The summed E-state index contributed by atoms with van der Waals surface area (Å²) < 4.78 is 0.660. The molecule has 0 spiro atoms. The third-order valence-corrected chi connectivity index (χ3v) is 5.20. The van der Waals surface area contributed by atoms with Crippen LogP contribution < -0.4 is 5.56 Å². The first kappa shape index (κ1) is 15.2. The van der Waals surface area contributed by atoms with Crippen molar-refractivity contribution in [1.82, 2.24) is 15.0 Å². The number of H-pyrrole nitrogens is 1. The minimum atomic E-state index is -0.143. The maximum atomic E-state index is 12.2. The van der Waals surface area contributed by atoms with Crippen LogP contribution in [0.3, 0.4) is 0 Å². The van der Waals surface area contributed by atoms with Crippen LogP contribution in [-0.2, 0) is 0 Å². The summed E-state index contributed by atoms with van der Waals surface area (Å²) in [5.74, 6) is 0.757. The first-order valence-electron chi connectivity index (χ1n) is 6.67. The Kier molecular flexibility index (Phi) is 4.51. The van der Waals surface area contributed by atoms with E-state index in [1.807, 2.05) is 0 Å². The van der Waals surface area contributed by atoms with Crippen molar-refractivity contribution in [2.24, 2.45) is 0 Å². The second kappa shape index (κ2) is 6.22. The zero-order valence-corrected chi connectivity index (χ0v) is 14.7. The van der Waals surface area contributed by atoms with E-state index in [9.17, 15) is 4.79 Å². The Hall–Kier alpha value is -0.660. The van der Waals surface area contributed by atoms with Crippen molar-refractivity contribution in [3.8, 4) is 11.5 Å². The van der Waals surface area contributed by atoms with Gasteiger partial charge in [-0.05, 0) is 41.5 Å². The van der Waals surface area contributed by atoms with Crippen LogP contribution in [0.15, 0.2) is 17.1 Å². The molecule has 1 aliphatic rings. The quantitative estimate of drug-likeness (QED) is 0.711. The van der Waals surface area contributed by atoms with Crippen molar-refractivity contribution in [2.75, 3.05) is 0 Å². The van der Waals surface area contributed by atoms with Gasteiger partial charge in [-0.15, -0.1) is 0 Å². The molecular formula is C14H12Cl2IN3O. The van der Waals surface area contributed by atoms with Gasteiger partial charge in [-0.3, -0.25) is 4.79 Å². The molecule has 0 unspecified atom stereocenters. The Balaban J connectivity index is 2.13. The van der Waals surface area contributed by atoms with Gasteiger partial charge in [0.1, 0.15) is 9.26 Å². The lowest BCUT2D eigenvalue weighted by atomic mass is 10.0. The molecule has 21 heavy (non-hydrogen) atoms. The Labute approximate surface area is 145 Å². The maximum absolute atomic E-state index is 12.2. The summed E-state index contributed by atoms with van der Waals surface area (Å²) in [5.41, 5.74) is 1.17. The summed E-state index contributed by atoms with van der Waals surface area (Å²) in [6.07, 6.45) is 6.02. The molecule has 0 amide bonds. The molecule has 110 valence electrons. The number of aromatic amines is 1. The molecule has 0 aromatic carbocycles. The zero-order chi connectivity index (χ0) is 15.0. The average Bonchev–Trinajstić information content (AvgIpc) is 2.96. The normalized spacial score (nSPS) is 15.6. The molecule has 0 radical (unpaired) electrons. The highest BCUT2D eigenvalue weighted by atomic mass is 127. The standard InChI is InChI=1S/C14H12Cl2IN3O/c15-8-5-9(16)12(18-6-8)13-19-11(7-3-1-2-4-7)10(17)14(21)20-13/h5-7H,1-4H2,(H,19,20,21). The van der Waals surface area contributed by atoms with Gasteiger partial charge in [-0.1, -0.05) is 36.0 Å². The van der Waals surface area contributed by atoms with Gasteiger partial charge in [-0.25, -0.2) is 9.97 Å². The van der Waals surface area contributed by atoms with Crippen molar-refractivity contribution < 1.29 is 0 Å². The first-order valence-corrected chi connectivity index (χ1v) is 8.51. The van der Waals surface area contributed by atoms with Crippen molar-refractivity contribution in [3.05, 3.63) is 41.9 Å². The Morgan fingerprint density at radius 2 is 2.00 bits per heavy atom. The second-order valence-electron chi connectivity index (χ2n) is 5.08. The van der Waals surface area contributed by atoms with Gasteiger partial charge >= 0.3 is 0 Å². The summed E-state index contributed by atoms with van der Waals surface area (Å²) in [4.78, 5) is 23.7. The predicted molar refractivity (Wildman–Crippen MR) is 92.0 cm³/mol. The third-order valence-electron chi connectivity index (χ3n) is 3.66. The maximum Gasteiger partial charge on any atom is 0.264 e. The number of hydrogen-bond acceptors (Lipinski definition) is 3. The van der Waals surface area contributed by atoms with E-state index < -0.39 is 0 Å². The van der Waals surface area contributed by atoms with E-state index in [1.165, 1.54) is 19.0 Å². The van der Waals surface area contributed by atoms with Gasteiger partial charge in [0.15, 0.2) is 5.82 Å². The lowest BCUT2D eigenvalue weighted by molar-refractivity contribution is 0.687. The largest absolute Gasteiger partial charge is 0.304 e. The van der Waals surface area contributed by atoms with Crippen LogP contribution >= 0.6 is 45.8 Å². The topological polar surface area (TPSA) is 58.6 Å². The van der Waals surface area contributed by atoms with E-state index in [2.05, 4.69) is 37.5 Å². The van der Waals surface area contributed by atoms with E-state index in [4.69, 9.17) is 23.2 Å². The molecule has 3 rings (SSSR count). The van der Waals surface area contributed by atoms with Crippen LogP contribution in [0.2, 0.25) is 10.0 Å². The highest BCUT2D eigenvalue weighted by Crippen LogP contribution is 2.35. The zero-order valence-electron chi connectivity index (χ0n) is 11.0. The average molecular weight is 436 g/mol. The van der Waals surface area contributed by atoms with Crippen LogP contribution in [0.4, 0.5) is 0 Å². The third kappa shape index (κ3) is 3.10. The highest BCUT2D eigenvalue weighted by Gasteiger charge is 2.24. The van der Waals surface area contributed by atoms with Crippen LogP contribution in [0, 0.1) is 3.57 Å². The molecule has 1 saturated carbocycles. The number of nitrogens with one attached hydrogen (secondary N) is 1. The van der Waals surface area contributed by atoms with E-state index in [0.29, 0.717) is 31.1 Å². The number of hydrogen-bond donors (Lipinski definition) is 1. The van der Waals surface area contributed by atoms with Crippen LogP contribution in [0.5, 0.6) is 0 Å². The van der Waals surface area contributed by atoms with Crippen LogP contribution in [0.25, 0.3) is 11.5 Å². The predicted octanol–water partition coefficient (Wildman–Crippen LogP) is 4.40. The summed E-state index contributed by atoms with van der Waals surface area (Å²) in [6.45, 7) is 0. The monoisotopic (exact) mass is 435 g/mol. The van der Waals surface area contributed by atoms with Gasteiger partial charge in [0.25, 0.3) is 5.56 Å². The minimum Gasteiger partial charge on any atom is -0.304 e. The van der Waals surface area contributed by atoms with Crippen molar-refractivity contribution in [2.45, 2.75) is 31.6 Å². The van der Waals surface area contributed by atoms with Crippen LogP contribution in [-0.4, -0.2) is 15.0 Å². The smallest absolute Gasteiger partial charge is 0.264 e. The van der Waals surface area contributed by atoms with Gasteiger partial charge < -0.3 is 4.98 Å². The number of halogens is 3. The Morgan fingerprint density at radius 1 is 1.29 bits per heavy atom. The molecule has 0 saturated heterocycles. The van der Waals surface area contributed by atoms with Crippen LogP contribution in [0.1, 0.15) is 37.3 Å². The number of pyridine rings is 1. The fourth-order valence-corrected chi connectivity index (χ4v) is 3.81. The van der Waals surface area contributed by atoms with Crippen molar-refractivity contribution in [1.29, 1.82) is 0 Å². The van der Waals surface area contributed by atoms with E-state index in [0.717, 1.165) is 18.5 Å². The molecule has 4 nitrogen and oxygen atoms in total. The van der Waals surface area contributed by atoms with Gasteiger partial charge in [0.05, 0.1) is 15.7 Å². The van der Waals surface area contributed by atoms with Gasteiger partial charge in [0, 0.05) is 12.1 Å². The molecule has 0 aliphatic heterocycles. The summed E-state index contributed by atoms with van der Waals surface area (Å²) in [7, 11) is 0. The second-order valence-corrected chi connectivity index (χ2v) is 7.00. The van der Waals surface area contributed by atoms with Gasteiger partial charge in [0.2, 0.25) is 0 Å². The first-order chi connectivity index (χ1) is 10.1. The molecule has 0 atom stereocenters. The summed E-state index contributed by atoms with van der Waals surface area (Å²) in [5, 5.41) is 0.830. The fourth-order valence-electron chi connectivity index (χ4n) is 2.65. The lowest BCUT2D eigenvalue weighted by Crippen LogP contribution is -2.18. The molecule has 1 N–H and O–H groups in total. The van der Waals surface area contributed by atoms with Gasteiger partial charge in [-0.2, -0.15) is 0 Å². The summed E-state index contributed by atoms with van der Waals surface area (Å²) >= 11 is 14.1. The number of nitrogens with zero attached hydrogens (tertiary/aromatic N) is 2. The molecule has 0 bridgehead atoms. The minimum absolute atomic E-state index is 0.143. The van der Waals surface area contributed by atoms with Crippen molar-refractivity contribution in [3.63, 3.8) is 0 Å². The number of aromatic nitrogens is 3. The van der Waals surface area contributed by atoms with Crippen molar-refractivity contribution >= 4 is 45.8 Å². The molecule has 7 heteroatoms. The van der Waals surface area contributed by atoms with E-state index >= 15 is 0 Å².